The predicted molar refractivity (Wildman–Crippen MR) is 53.5 cm³/mol. The van der Waals surface area contributed by atoms with Gasteiger partial charge in [0.15, 0.2) is 0 Å². The summed E-state index contributed by atoms with van der Waals surface area (Å²) in [5.74, 6) is -1.51. The molecule has 0 radical (unpaired) electrons. The molecule has 0 aromatic heterocycles. The zero-order valence-corrected chi connectivity index (χ0v) is 7.82. The fourth-order valence-electron chi connectivity index (χ4n) is 1.12. The van der Waals surface area contributed by atoms with Gasteiger partial charge in [-0.3, -0.25) is 10.2 Å². The molecule has 1 unspecified atom stereocenters. The molecule has 0 saturated heterocycles. The Morgan fingerprint density at radius 1 is 1.57 bits per heavy atom. The Hall–Kier alpha value is -1.84. The number of nitrogens with two attached hydrogens (primary N) is 1. The van der Waals surface area contributed by atoms with Crippen molar-refractivity contribution < 1.29 is 9.90 Å². The Balaban J connectivity index is 3.05. The molecule has 4 nitrogen and oxygen atoms in total. The van der Waals surface area contributed by atoms with Crippen LogP contribution in [0.2, 0.25) is 0 Å². The Kier molecular flexibility index (Phi) is 2.86. The first-order valence-corrected chi connectivity index (χ1v) is 4.19. The molecule has 0 heterocycles. The van der Waals surface area contributed by atoms with Crippen LogP contribution in [0.25, 0.3) is 0 Å². The van der Waals surface area contributed by atoms with E-state index in [4.69, 9.17) is 16.2 Å². The number of hydrogen-bond donors (Lipinski definition) is 3. The third-order valence-electron chi connectivity index (χ3n) is 2.07. The van der Waals surface area contributed by atoms with Crippen LogP contribution in [0.1, 0.15) is 24.0 Å². The minimum Gasteiger partial charge on any atom is -0.481 e. The average molecular weight is 192 g/mol. The lowest BCUT2D eigenvalue weighted by molar-refractivity contribution is -0.138. The number of carbonyl (C=O) groups is 1. The average Bonchev–Trinajstić information content (AvgIpc) is 2.16. The van der Waals surface area contributed by atoms with Crippen molar-refractivity contribution in [3.63, 3.8) is 0 Å². The number of rotatable bonds is 3. The van der Waals surface area contributed by atoms with E-state index in [1.54, 1.807) is 31.2 Å². The molecule has 1 aromatic carbocycles. The predicted octanol–water partition coefficient (Wildman–Crippen LogP) is 1.16. The number of nitrogen functional groups attached to an aromatic ring is 1. The van der Waals surface area contributed by atoms with Crippen molar-refractivity contribution in [3.05, 3.63) is 35.4 Å². The van der Waals surface area contributed by atoms with Gasteiger partial charge in [-0.05, 0) is 18.6 Å². The molecule has 14 heavy (non-hydrogen) atoms. The number of nitrogens with one attached hydrogen (secondary N) is 1. The van der Waals surface area contributed by atoms with Crippen molar-refractivity contribution in [2.24, 2.45) is 5.73 Å². The highest BCUT2D eigenvalue weighted by atomic mass is 16.4. The van der Waals surface area contributed by atoms with Crippen LogP contribution in [0.5, 0.6) is 0 Å². The van der Waals surface area contributed by atoms with E-state index in [9.17, 15) is 4.79 Å². The van der Waals surface area contributed by atoms with Gasteiger partial charge in [0.2, 0.25) is 0 Å². The first-order valence-electron chi connectivity index (χ1n) is 4.19. The van der Waals surface area contributed by atoms with Crippen molar-refractivity contribution >= 4 is 11.8 Å². The summed E-state index contributed by atoms with van der Waals surface area (Å²) in [5.41, 5.74) is 6.50. The molecule has 0 spiro atoms. The molecule has 0 aliphatic rings. The summed E-state index contributed by atoms with van der Waals surface area (Å²) in [6, 6.07) is 6.72. The number of benzene rings is 1. The zero-order valence-electron chi connectivity index (χ0n) is 7.82. The summed E-state index contributed by atoms with van der Waals surface area (Å²) >= 11 is 0. The van der Waals surface area contributed by atoms with Crippen LogP contribution in [-0.2, 0) is 4.79 Å². The first kappa shape index (κ1) is 10.2. The van der Waals surface area contributed by atoms with Crippen molar-refractivity contribution in [2.45, 2.75) is 12.8 Å². The van der Waals surface area contributed by atoms with Gasteiger partial charge in [0.1, 0.15) is 5.84 Å². The summed E-state index contributed by atoms with van der Waals surface area (Å²) in [4.78, 5) is 10.7. The summed E-state index contributed by atoms with van der Waals surface area (Å²) in [6.07, 6.45) is 0. The molecule has 4 heteroatoms. The normalized spacial score (nSPS) is 12.1. The van der Waals surface area contributed by atoms with Crippen molar-refractivity contribution in [1.29, 1.82) is 5.41 Å². The van der Waals surface area contributed by atoms with E-state index < -0.39 is 11.9 Å². The van der Waals surface area contributed by atoms with Crippen LogP contribution in [-0.4, -0.2) is 16.9 Å². The summed E-state index contributed by atoms with van der Waals surface area (Å²) in [6.45, 7) is 1.60. The molecule has 0 saturated carbocycles. The van der Waals surface area contributed by atoms with Crippen LogP contribution in [0.3, 0.4) is 0 Å². The Labute approximate surface area is 81.9 Å². The quantitative estimate of drug-likeness (QED) is 0.496. The summed E-state index contributed by atoms with van der Waals surface area (Å²) in [5, 5.41) is 16.0. The number of hydrogen-bond acceptors (Lipinski definition) is 2. The van der Waals surface area contributed by atoms with Gasteiger partial charge in [0.25, 0.3) is 0 Å². The van der Waals surface area contributed by atoms with Gasteiger partial charge < -0.3 is 10.8 Å². The van der Waals surface area contributed by atoms with E-state index in [-0.39, 0.29) is 5.84 Å². The van der Waals surface area contributed by atoms with Crippen LogP contribution in [0.15, 0.2) is 24.3 Å². The SMILES string of the molecule is CC(C(=O)O)c1cccc(C(=N)N)c1. The van der Waals surface area contributed by atoms with E-state index in [0.29, 0.717) is 11.1 Å². The van der Waals surface area contributed by atoms with E-state index in [1.165, 1.54) is 0 Å². The number of carboxylic acids is 1. The highest BCUT2D eigenvalue weighted by Crippen LogP contribution is 2.16. The Morgan fingerprint density at radius 2 is 2.21 bits per heavy atom. The fourth-order valence-corrected chi connectivity index (χ4v) is 1.12. The molecule has 1 rings (SSSR count). The third kappa shape index (κ3) is 2.10. The van der Waals surface area contributed by atoms with Gasteiger partial charge in [0, 0.05) is 5.56 Å². The highest BCUT2D eigenvalue weighted by molar-refractivity contribution is 5.95. The summed E-state index contributed by atoms with van der Waals surface area (Å²) < 4.78 is 0. The minimum atomic E-state index is -0.884. The minimum absolute atomic E-state index is 0.0514. The second-order valence-electron chi connectivity index (χ2n) is 3.10. The van der Waals surface area contributed by atoms with E-state index in [2.05, 4.69) is 0 Å². The van der Waals surface area contributed by atoms with Crippen LogP contribution in [0.4, 0.5) is 0 Å². The maximum atomic E-state index is 10.7. The Morgan fingerprint density at radius 3 is 2.71 bits per heavy atom. The van der Waals surface area contributed by atoms with Gasteiger partial charge in [-0.15, -0.1) is 0 Å². The van der Waals surface area contributed by atoms with E-state index in [0.717, 1.165) is 0 Å². The second kappa shape index (κ2) is 3.91. The maximum absolute atomic E-state index is 10.7. The fraction of sp³-hybridized carbons (Fsp3) is 0.200. The largest absolute Gasteiger partial charge is 0.481 e. The number of carboxylic acid groups (broad SMARTS) is 1. The monoisotopic (exact) mass is 192 g/mol. The topological polar surface area (TPSA) is 87.2 Å². The van der Waals surface area contributed by atoms with Crippen molar-refractivity contribution in [3.8, 4) is 0 Å². The van der Waals surface area contributed by atoms with Crippen LogP contribution < -0.4 is 5.73 Å². The van der Waals surface area contributed by atoms with Crippen molar-refractivity contribution in [1.82, 2.24) is 0 Å². The molecule has 1 atom stereocenters. The Bertz CT molecular complexity index is 374. The molecule has 0 aliphatic carbocycles. The molecular weight excluding hydrogens is 180 g/mol. The maximum Gasteiger partial charge on any atom is 0.310 e. The van der Waals surface area contributed by atoms with Gasteiger partial charge >= 0.3 is 5.97 Å². The third-order valence-corrected chi connectivity index (χ3v) is 2.07. The van der Waals surface area contributed by atoms with Crippen LogP contribution >= 0.6 is 0 Å². The van der Waals surface area contributed by atoms with Crippen LogP contribution in [0, 0.1) is 5.41 Å². The lowest BCUT2D eigenvalue weighted by Gasteiger charge is -2.07. The van der Waals surface area contributed by atoms with Crippen molar-refractivity contribution in [2.75, 3.05) is 0 Å². The molecule has 0 amide bonds. The molecule has 0 bridgehead atoms. The molecule has 74 valence electrons. The van der Waals surface area contributed by atoms with E-state index in [1.807, 2.05) is 0 Å². The summed E-state index contributed by atoms with van der Waals surface area (Å²) in [7, 11) is 0. The first-order chi connectivity index (χ1) is 6.52. The standard InChI is InChI=1S/C10H12N2O2/c1-6(10(13)14)7-3-2-4-8(5-7)9(11)12/h2-6H,1H3,(H3,11,12)(H,13,14). The molecule has 4 N–H and O–H groups in total. The molecule has 0 fully saturated rings. The smallest absolute Gasteiger partial charge is 0.310 e. The molecule has 0 aliphatic heterocycles. The van der Waals surface area contributed by atoms with Gasteiger partial charge in [0.05, 0.1) is 5.92 Å². The van der Waals surface area contributed by atoms with E-state index >= 15 is 0 Å². The highest BCUT2D eigenvalue weighted by Gasteiger charge is 2.13. The second-order valence-corrected chi connectivity index (χ2v) is 3.10. The molecule has 1 aromatic rings. The van der Waals surface area contributed by atoms with Gasteiger partial charge in [-0.2, -0.15) is 0 Å². The number of amidine groups is 1. The lowest BCUT2D eigenvalue weighted by atomic mass is 9.99. The zero-order chi connectivity index (χ0) is 10.7. The molecular formula is C10H12N2O2. The number of aliphatic carboxylic acids is 1. The van der Waals surface area contributed by atoms with Gasteiger partial charge in [-0.1, -0.05) is 18.2 Å². The van der Waals surface area contributed by atoms with Gasteiger partial charge in [-0.25, -0.2) is 0 Å². The lowest BCUT2D eigenvalue weighted by Crippen LogP contribution is -2.13.